The van der Waals surface area contributed by atoms with Crippen LogP contribution in [-0.4, -0.2) is 42.9 Å². The second-order valence-corrected chi connectivity index (χ2v) is 14.5. The predicted molar refractivity (Wildman–Crippen MR) is 202 cm³/mol. The van der Waals surface area contributed by atoms with E-state index in [4.69, 9.17) is 0 Å². The maximum atomic E-state index is 14.3. The van der Waals surface area contributed by atoms with Crippen LogP contribution in [0.2, 0.25) is 0 Å². The number of nitriles is 1. The van der Waals surface area contributed by atoms with Gasteiger partial charge in [-0.05, 0) is 123 Å². The van der Waals surface area contributed by atoms with Crippen LogP contribution in [0.25, 0.3) is 22.8 Å². The van der Waals surface area contributed by atoms with Gasteiger partial charge in [0.05, 0.1) is 57.1 Å². The van der Waals surface area contributed by atoms with Gasteiger partial charge in [0.2, 0.25) is 0 Å². The minimum atomic E-state index is -4.72. The molecule has 17 heteroatoms. The van der Waals surface area contributed by atoms with Crippen molar-refractivity contribution in [3.8, 4) is 28.8 Å². The van der Waals surface area contributed by atoms with Gasteiger partial charge in [0.1, 0.15) is 15.8 Å². The molecule has 0 saturated carbocycles. The molecule has 0 bridgehead atoms. The fourth-order valence-electron chi connectivity index (χ4n) is 6.70. The molecular formula is C39H39F3N8O5S. The number of halogens is 3. The molecule has 0 aliphatic heterocycles. The van der Waals surface area contributed by atoms with Crippen LogP contribution in [0.4, 0.5) is 18.0 Å². The van der Waals surface area contributed by atoms with Crippen molar-refractivity contribution in [1.82, 2.24) is 35.4 Å². The number of rotatable bonds is 9. The summed E-state index contributed by atoms with van der Waals surface area (Å²) in [5.41, 5.74) is 3.15. The third-order valence-electron chi connectivity index (χ3n) is 9.83. The Kier molecular flexibility index (Phi) is 11.3. The lowest BCUT2D eigenvalue weighted by atomic mass is 9.96. The van der Waals surface area contributed by atoms with Crippen molar-refractivity contribution in [2.24, 2.45) is 0 Å². The molecule has 0 fully saturated rings. The van der Waals surface area contributed by atoms with Gasteiger partial charge in [-0.25, -0.2) is 27.3 Å². The minimum absolute atomic E-state index is 0. The van der Waals surface area contributed by atoms with E-state index in [2.05, 4.69) is 15.4 Å². The van der Waals surface area contributed by atoms with E-state index in [0.29, 0.717) is 45.7 Å². The Balaban J connectivity index is 0.00000600. The summed E-state index contributed by atoms with van der Waals surface area (Å²) < 4.78 is 80.6. The molecule has 6 rings (SSSR count). The van der Waals surface area contributed by atoms with Crippen LogP contribution in [-0.2, 0) is 22.7 Å². The predicted octanol–water partition coefficient (Wildman–Crippen LogP) is 7.52. The van der Waals surface area contributed by atoms with Crippen LogP contribution >= 0.6 is 0 Å². The lowest BCUT2D eigenvalue weighted by Crippen LogP contribution is -2.39. The number of hydrogen-bond acceptors (Lipinski definition) is 7. The lowest BCUT2D eigenvalue weighted by molar-refractivity contribution is -0.137. The molecular weight excluding hydrogens is 750 g/mol. The second-order valence-electron chi connectivity index (χ2n) is 13.1. The fraction of sp³-hybridized carbons (Fsp3) is 0.231. The molecule has 1 amide bonds. The molecule has 6 aromatic rings. The highest BCUT2D eigenvalue weighted by Crippen LogP contribution is 2.33. The van der Waals surface area contributed by atoms with Crippen LogP contribution in [0.3, 0.4) is 0 Å². The molecule has 292 valence electrons. The largest absolute Gasteiger partial charge is 0.744 e. The summed E-state index contributed by atoms with van der Waals surface area (Å²) in [7, 11) is -4.72. The highest BCUT2D eigenvalue weighted by molar-refractivity contribution is 7.85. The van der Waals surface area contributed by atoms with Crippen LogP contribution in [0.15, 0.2) is 88.7 Å². The Morgan fingerprint density at radius 2 is 1.68 bits per heavy atom. The molecule has 0 spiro atoms. The average Bonchev–Trinajstić information content (AvgIpc) is 3.87. The van der Waals surface area contributed by atoms with Crippen molar-refractivity contribution in [2.45, 2.75) is 64.6 Å². The first-order valence-corrected chi connectivity index (χ1v) is 18.5. The monoisotopic (exact) mass is 788 g/mol. The quantitative estimate of drug-likeness (QED) is 0.125. The lowest BCUT2D eigenvalue weighted by Gasteiger charge is -2.18. The maximum absolute atomic E-state index is 14.3. The number of aromatic nitrogens is 5. The summed E-state index contributed by atoms with van der Waals surface area (Å²) in [5, 5.41) is 16.6. The van der Waals surface area contributed by atoms with Crippen LogP contribution in [0, 0.1) is 39.0 Å². The number of benzene rings is 3. The Labute approximate surface area is 320 Å². The number of H-pyrrole nitrogens is 1. The highest BCUT2D eigenvalue weighted by Gasteiger charge is 2.32. The van der Waals surface area contributed by atoms with Crippen molar-refractivity contribution in [3.05, 3.63) is 140 Å². The van der Waals surface area contributed by atoms with Gasteiger partial charge in [-0.15, -0.1) is 0 Å². The number of nitrogens with one attached hydrogen (secondary N) is 2. The van der Waals surface area contributed by atoms with Crippen LogP contribution < -0.4 is 17.2 Å². The topological polar surface area (TPSA) is 207 Å². The summed E-state index contributed by atoms with van der Waals surface area (Å²) in [6.07, 6.45) is -2.64. The second kappa shape index (κ2) is 15.5. The molecule has 0 aliphatic carbocycles. The van der Waals surface area contributed by atoms with Gasteiger partial charge in [-0.3, -0.25) is 4.57 Å². The van der Waals surface area contributed by atoms with Gasteiger partial charge in [0.25, 0.3) is 0 Å². The number of carbonyl (C=O) groups is 1. The van der Waals surface area contributed by atoms with Crippen molar-refractivity contribution >= 4 is 16.1 Å². The SMILES string of the molecule is CC[C@H](NC(=O)n1c(-c2ccnn2-c2ccc(C#N)cc2)c(C)n(-c2cccc(C(F)(F)F)c2)c1=O)c1ccc(Cc2cc(S(=O)(=O)[O-])c(C)c(C)c2C)[nH]1.[NH4+]. The van der Waals surface area contributed by atoms with E-state index in [1.807, 2.05) is 19.9 Å². The summed E-state index contributed by atoms with van der Waals surface area (Å²) in [4.78, 5) is 31.6. The van der Waals surface area contributed by atoms with Gasteiger partial charge >= 0.3 is 17.9 Å². The van der Waals surface area contributed by atoms with E-state index in [1.54, 1.807) is 56.3 Å². The fourth-order valence-corrected chi connectivity index (χ4v) is 7.51. The first kappa shape index (κ1) is 41.0. The van der Waals surface area contributed by atoms with E-state index < -0.39 is 39.6 Å². The molecule has 3 aromatic carbocycles. The van der Waals surface area contributed by atoms with Crippen molar-refractivity contribution in [1.29, 1.82) is 5.26 Å². The molecule has 0 aliphatic rings. The average molecular weight is 789 g/mol. The standard InChI is InChI=1S/C39H36F3N7O5S.H3N/c1-6-32(33-15-12-29(45-33)18-27-19-35(55(52,53)54)24(4)22(2)23(27)3)46-37(50)48-36(34-16-17-44-49(34)30-13-10-26(21-43)11-14-30)25(5)47(38(48)51)31-9-7-8-28(20-31)39(40,41)42;/h7-17,19-20,32,45H,6,18H2,1-5H3,(H,46,50)(H,52,53,54);1H3/t32-;/m0./s1. The van der Waals surface area contributed by atoms with Gasteiger partial charge in [0, 0.05) is 17.8 Å². The summed E-state index contributed by atoms with van der Waals surface area (Å²) in [5.74, 6) is 0. The molecule has 56 heavy (non-hydrogen) atoms. The molecule has 6 N–H and O–H groups in total. The Hall–Kier alpha value is -6.22. The number of aromatic amines is 1. The highest BCUT2D eigenvalue weighted by atomic mass is 32.2. The number of nitrogens with zero attached hydrogens (tertiary/aromatic N) is 5. The third-order valence-corrected chi connectivity index (χ3v) is 10.8. The molecule has 1 atom stereocenters. The number of carbonyl (C=O) groups excluding carboxylic acids is 1. The van der Waals surface area contributed by atoms with E-state index in [-0.39, 0.29) is 40.2 Å². The van der Waals surface area contributed by atoms with E-state index in [9.17, 15) is 41.0 Å². The van der Waals surface area contributed by atoms with E-state index in [1.165, 1.54) is 36.0 Å². The third kappa shape index (κ3) is 7.67. The number of quaternary nitrogens is 1. The summed E-state index contributed by atoms with van der Waals surface area (Å²) in [6.45, 7) is 8.51. The van der Waals surface area contributed by atoms with E-state index in [0.717, 1.165) is 26.8 Å². The van der Waals surface area contributed by atoms with Crippen LogP contribution in [0.5, 0.6) is 0 Å². The first-order chi connectivity index (χ1) is 25.9. The minimum Gasteiger partial charge on any atom is -0.744 e. The van der Waals surface area contributed by atoms with Crippen molar-refractivity contribution in [2.75, 3.05) is 0 Å². The molecule has 0 radical (unpaired) electrons. The molecule has 0 saturated heterocycles. The Morgan fingerprint density at radius 3 is 2.30 bits per heavy atom. The molecule has 0 unspecified atom stereocenters. The van der Waals surface area contributed by atoms with Gasteiger partial charge in [-0.2, -0.15) is 23.5 Å². The summed E-state index contributed by atoms with van der Waals surface area (Å²) >= 11 is 0. The zero-order valence-electron chi connectivity index (χ0n) is 31.3. The Bertz CT molecular complexity index is 2670. The number of imidazole rings is 1. The number of hydrogen-bond donors (Lipinski definition) is 3. The molecule has 13 nitrogen and oxygen atoms in total. The van der Waals surface area contributed by atoms with E-state index >= 15 is 0 Å². The normalized spacial score (nSPS) is 12.2. The molecule has 3 aromatic heterocycles. The number of amides is 1. The summed E-state index contributed by atoms with van der Waals surface area (Å²) in [6, 6.07) is 17.6. The molecule has 3 heterocycles. The van der Waals surface area contributed by atoms with Gasteiger partial charge in [0.15, 0.2) is 0 Å². The zero-order chi connectivity index (χ0) is 40.0. The van der Waals surface area contributed by atoms with Crippen molar-refractivity contribution in [3.63, 3.8) is 0 Å². The Morgan fingerprint density at radius 1 is 0.982 bits per heavy atom. The van der Waals surface area contributed by atoms with Crippen LogP contribution in [0.1, 0.15) is 69.8 Å². The smallest absolute Gasteiger partial charge is 0.416 e. The number of alkyl halides is 3. The van der Waals surface area contributed by atoms with Crippen molar-refractivity contribution < 1.29 is 30.9 Å². The maximum Gasteiger partial charge on any atom is 0.416 e. The van der Waals surface area contributed by atoms with Gasteiger partial charge in [-0.1, -0.05) is 13.0 Å². The first-order valence-electron chi connectivity index (χ1n) is 17.1. The van der Waals surface area contributed by atoms with Gasteiger partial charge < -0.3 is 21.0 Å². The zero-order valence-corrected chi connectivity index (χ0v) is 32.1.